The second-order valence-electron chi connectivity index (χ2n) is 6.74. The van der Waals surface area contributed by atoms with Gasteiger partial charge in [-0.2, -0.15) is 0 Å². The van der Waals surface area contributed by atoms with E-state index in [0.717, 1.165) is 50.8 Å². The van der Waals surface area contributed by atoms with Gasteiger partial charge in [0.25, 0.3) is 5.91 Å². The maximum absolute atomic E-state index is 12.2. The first kappa shape index (κ1) is 16.7. The van der Waals surface area contributed by atoms with E-state index in [9.17, 15) is 4.79 Å². The molecule has 0 radical (unpaired) electrons. The fourth-order valence-electron chi connectivity index (χ4n) is 3.52. The molecule has 2 aromatic heterocycles. The monoisotopic (exact) mass is 353 g/mol. The van der Waals surface area contributed by atoms with Gasteiger partial charge in [-0.25, -0.2) is 19.9 Å². The minimum atomic E-state index is -0.123. The van der Waals surface area contributed by atoms with Gasteiger partial charge in [0.15, 0.2) is 0 Å². The number of carbonyl (C=O) groups is 1. The Morgan fingerprint density at radius 1 is 0.923 bits per heavy atom. The number of carbonyl (C=O) groups excluding carboxylic acids is 1. The van der Waals surface area contributed by atoms with E-state index in [2.05, 4.69) is 35.1 Å². The lowest BCUT2D eigenvalue weighted by atomic mass is 10.2. The summed E-state index contributed by atoms with van der Waals surface area (Å²) in [6.07, 6.45) is 11.3. The zero-order valence-corrected chi connectivity index (χ0v) is 14.7. The van der Waals surface area contributed by atoms with Crippen molar-refractivity contribution >= 4 is 17.7 Å². The normalized spacial score (nSPS) is 18.2. The molecule has 2 fully saturated rings. The van der Waals surface area contributed by atoms with Crippen LogP contribution in [-0.2, 0) is 0 Å². The molecule has 136 valence electrons. The number of anilines is 2. The van der Waals surface area contributed by atoms with Crippen LogP contribution in [0.3, 0.4) is 0 Å². The van der Waals surface area contributed by atoms with Crippen LogP contribution < -0.4 is 15.1 Å². The Bertz CT molecular complexity index is 723. The standard InChI is InChI=1S/C18H23N7O/c26-17(23-14-4-1-2-5-14)15-12-22-16(13-21-15)24-8-10-25(11-9-24)18-19-6-3-7-20-18/h3,6-7,12-14H,1-2,4-5,8-11H2,(H,23,26). The first-order valence-corrected chi connectivity index (χ1v) is 9.19. The van der Waals surface area contributed by atoms with Crippen molar-refractivity contribution < 1.29 is 4.79 Å². The average molecular weight is 353 g/mol. The summed E-state index contributed by atoms with van der Waals surface area (Å²) in [7, 11) is 0. The molecule has 8 heteroatoms. The molecule has 4 rings (SSSR count). The molecule has 1 amide bonds. The number of aromatic nitrogens is 4. The average Bonchev–Trinajstić information content (AvgIpc) is 3.22. The summed E-state index contributed by atoms with van der Waals surface area (Å²) in [4.78, 5) is 33.9. The van der Waals surface area contributed by atoms with Crippen LogP contribution in [0.5, 0.6) is 0 Å². The third kappa shape index (κ3) is 3.74. The molecule has 1 N–H and O–H groups in total. The lowest BCUT2D eigenvalue weighted by molar-refractivity contribution is 0.0932. The lowest BCUT2D eigenvalue weighted by Gasteiger charge is -2.35. The number of piperazine rings is 1. The van der Waals surface area contributed by atoms with Gasteiger partial charge in [-0.15, -0.1) is 0 Å². The van der Waals surface area contributed by atoms with Gasteiger partial charge in [-0.05, 0) is 18.9 Å². The molecule has 2 aliphatic rings. The number of amides is 1. The first-order valence-electron chi connectivity index (χ1n) is 9.19. The van der Waals surface area contributed by atoms with Gasteiger partial charge in [0.1, 0.15) is 11.5 Å². The number of nitrogens with zero attached hydrogens (tertiary/aromatic N) is 6. The van der Waals surface area contributed by atoms with Crippen molar-refractivity contribution in [2.75, 3.05) is 36.0 Å². The molecule has 1 saturated heterocycles. The van der Waals surface area contributed by atoms with Crippen LogP contribution in [0.1, 0.15) is 36.2 Å². The molecule has 0 atom stereocenters. The molecule has 0 unspecified atom stereocenters. The van der Waals surface area contributed by atoms with Crippen molar-refractivity contribution in [3.63, 3.8) is 0 Å². The molecule has 0 spiro atoms. The highest BCUT2D eigenvalue weighted by Crippen LogP contribution is 2.18. The zero-order chi connectivity index (χ0) is 17.8. The highest BCUT2D eigenvalue weighted by atomic mass is 16.1. The molecule has 26 heavy (non-hydrogen) atoms. The Balaban J connectivity index is 1.33. The van der Waals surface area contributed by atoms with Gasteiger partial charge in [-0.3, -0.25) is 4.79 Å². The van der Waals surface area contributed by atoms with Gasteiger partial charge >= 0.3 is 0 Å². The van der Waals surface area contributed by atoms with Gasteiger partial charge in [0.2, 0.25) is 5.95 Å². The number of hydrogen-bond acceptors (Lipinski definition) is 7. The fourth-order valence-corrected chi connectivity index (χ4v) is 3.52. The molecular weight excluding hydrogens is 330 g/mol. The predicted molar refractivity (Wildman–Crippen MR) is 98.2 cm³/mol. The van der Waals surface area contributed by atoms with E-state index in [4.69, 9.17) is 0 Å². The topological polar surface area (TPSA) is 87.1 Å². The first-order chi connectivity index (χ1) is 12.8. The highest BCUT2D eigenvalue weighted by molar-refractivity contribution is 5.92. The number of rotatable bonds is 4. The molecule has 0 aromatic carbocycles. The van der Waals surface area contributed by atoms with Gasteiger partial charge < -0.3 is 15.1 Å². The van der Waals surface area contributed by atoms with Crippen LogP contribution in [0.15, 0.2) is 30.9 Å². The van der Waals surface area contributed by atoms with Crippen molar-refractivity contribution in [1.29, 1.82) is 0 Å². The third-order valence-corrected chi connectivity index (χ3v) is 5.00. The molecular formula is C18H23N7O. The van der Waals surface area contributed by atoms with Gasteiger partial charge in [0, 0.05) is 44.6 Å². The molecule has 2 aromatic rings. The molecule has 0 bridgehead atoms. The van der Waals surface area contributed by atoms with E-state index in [1.165, 1.54) is 12.8 Å². The summed E-state index contributed by atoms with van der Waals surface area (Å²) in [5, 5.41) is 3.04. The molecule has 3 heterocycles. The van der Waals surface area contributed by atoms with Gasteiger partial charge in [0.05, 0.1) is 12.4 Å². The second-order valence-corrected chi connectivity index (χ2v) is 6.74. The minimum Gasteiger partial charge on any atom is -0.352 e. The van der Waals surface area contributed by atoms with Crippen molar-refractivity contribution in [1.82, 2.24) is 25.3 Å². The number of hydrogen-bond donors (Lipinski definition) is 1. The van der Waals surface area contributed by atoms with E-state index in [0.29, 0.717) is 5.69 Å². The predicted octanol–water partition coefficient (Wildman–Crippen LogP) is 1.27. The SMILES string of the molecule is O=C(NC1CCCC1)c1cnc(N2CCN(c3ncccn3)CC2)cn1. The number of nitrogens with one attached hydrogen (secondary N) is 1. The van der Waals surface area contributed by atoms with Crippen molar-refractivity contribution in [3.8, 4) is 0 Å². The summed E-state index contributed by atoms with van der Waals surface area (Å²) in [6, 6.07) is 2.11. The van der Waals surface area contributed by atoms with Crippen molar-refractivity contribution in [2.24, 2.45) is 0 Å². The minimum absolute atomic E-state index is 0.123. The Morgan fingerprint density at radius 3 is 2.27 bits per heavy atom. The second kappa shape index (κ2) is 7.63. The van der Waals surface area contributed by atoms with Crippen LogP contribution in [0.25, 0.3) is 0 Å². The van der Waals surface area contributed by atoms with E-state index < -0.39 is 0 Å². The van der Waals surface area contributed by atoms with E-state index >= 15 is 0 Å². The quantitative estimate of drug-likeness (QED) is 0.885. The third-order valence-electron chi connectivity index (χ3n) is 5.00. The van der Waals surface area contributed by atoms with Crippen LogP contribution >= 0.6 is 0 Å². The van der Waals surface area contributed by atoms with Crippen molar-refractivity contribution in [2.45, 2.75) is 31.7 Å². The summed E-state index contributed by atoms with van der Waals surface area (Å²) in [5.41, 5.74) is 0.386. The molecule has 8 nitrogen and oxygen atoms in total. The van der Waals surface area contributed by atoms with Gasteiger partial charge in [-0.1, -0.05) is 12.8 Å². The maximum Gasteiger partial charge on any atom is 0.271 e. The molecule has 1 aliphatic carbocycles. The van der Waals surface area contributed by atoms with E-state index in [-0.39, 0.29) is 11.9 Å². The fraction of sp³-hybridized carbons (Fsp3) is 0.500. The van der Waals surface area contributed by atoms with Crippen LogP contribution in [-0.4, -0.2) is 58.1 Å². The summed E-state index contributed by atoms with van der Waals surface area (Å²) >= 11 is 0. The Labute approximate surface area is 152 Å². The Hall–Kier alpha value is -2.77. The Morgan fingerprint density at radius 2 is 1.62 bits per heavy atom. The summed E-state index contributed by atoms with van der Waals surface area (Å²) in [5.74, 6) is 1.44. The lowest BCUT2D eigenvalue weighted by Crippen LogP contribution is -2.47. The van der Waals surface area contributed by atoms with E-state index in [1.54, 1.807) is 24.8 Å². The summed E-state index contributed by atoms with van der Waals surface area (Å²) in [6.45, 7) is 3.30. The van der Waals surface area contributed by atoms with Crippen molar-refractivity contribution in [3.05, 3.63) is 36.5 Å². The maximum atomic E-state index is 12.2. The smallest absolute Gasteiger partial charge is 0.271 e. The van der Waals surface area contributed by atoms with E-state index in [1.807, 2.05) is 6.07 Å². The molecule has 1 saturated carbocycles. The highest BCUT2D eigenvalue weighted by Gasteiger charge is 2.21. The molecule has 1 aliphatic heterocycles. The Kier molecular flexibility index (Phi) is 4.90. The summed E-state index contributed by atoms with van der Waals surface area (Å²) < 4.78 is 0. The van der Waals surface area contributed by atoms with Crippen LogP contribution in [0.4, 0.5) is 11.8 Å². The zero-order valence-electron chi connectivity index (χ0n) is 14.7. The van der Waals surface area contributed by atoms with Crippen LogP contribution in [0.2, 0.25) is 0 Å². The largest absolute Gasteiger partial charge is 0.352 e. The van der Waals surface area contributed by atoms with Crippen LogP contribution in [0, 0.1) is 0 Å².